The summed E-state index contributed by atoms with van der Waals surface area (Å²) in [6, 6.07) is 7.30. The summed E-state index contributed by atoms with van der Waals surface area (Å²) in [5.41, 5.74) is 5.18. The van der Waals surface area contributed by atoms with Gasteiger partial charge in [-0.2, -0.15) is 4.98 Å². The first kappa shape index (κ1) is 16.3. The number of nitrogen functional groups attached to an aromatic ring is 1. The molecule has 2 aromatic rings. The molecule has 0 aliphatic carbocycles. The standard InChI is InChI=1S/C14H17N5O4/c1-9(23-12-6-4-3-5-11(12)22-2)7-16-14-17-8-10(19(20)21)13(15)18-14/h3-6,8-9H,7H2,1-2H3,(H3,15,16,17,18). The number of nitrogens with one attached hydrogen (secondary N) is 1. The Morgan fingerprint density at radius 2 is 2.09 bits per heavy atom. The molecule has 2 rings (SSSR count). The molecule has 0 saturated heterocycles. The van der Waals surface area contributed by atoms with Crippen molar-refractivity contribution in [3.63, 3.8) is 0 Å². The first-order valence-electron chi connectivity index (χ1n) is 6.81. The average molecular weight is 319 g/mol. The summed E-state index contributed by atoms with van der Waals surface area (Å²) in [5.74, 6) is 1.26. The number of para-hydroxylation sites is 2. The zero-order valence-corrected chi connectivity index (χ0v) is 12.7. The number of ether oxygens (including phenoxy) is 2. The number of methoxy groups -OCH3 is 1. The van der Waals surface area contributed by atoms with Crippen molar-refractivity contribution in [3.8, 4) is 11.5 Å². The van der Waals surface area contributed by atoms with Crippen LogP contribution in [0.25, 0.3) is 0 Å². The first-order valence-corrected chi connectivity index (χ1v) is 6.81. The van der Waals surface area contributed by atoms with Crippen LogP contribution in [0.1, 0.15) is 6.92 Å². The topological polar surface area (TPSA) is 125 Å². The van der Waals surface area contributed by atoms with E-state index in [1.165, 1.54) is 0 Å². The predicted molar refractivity (Wildman–Crippen MR) is 84.7 cm³/mol. The largest absolute Gasteiger partial charge is 0.493 e. The van der Waals surface area contributed by atoms with Crippen molar-refractivity contribution >= 4 is 17.5 Å². The van der Waals surface area contributed by atoms with Gasteiger partial charge in [0.05, 0.1) is 18.6 Å². The number of nitrogens with two attached hydrogens (primary N) is 1. The van der Waals surface area contributed by atoms with Gasteiger partial charge in [-0.3, -0.25) is 10.1 Å². The Kier molecular flexibility index (Phi) is 5.13. The summed E-state index contributed by atoms with van der Waals surface area (Å²) >= 11 is 0. The lowest BCUT2D eigenvalue weighted by atomic mass is 10.3. The van der Waals surface area contributed by atoms with Crippen molar-refractivity contribution in [2.45, 2.75) is 13.0 Å². The molecule has 1 aromatic heterocycles. The minimum atomic E-state index is -0.632. The average Bonchev–Trinajstić information content (AvgIpc) is 2.53. The summed E-state index contributed by atoms with van der Waals surface area (Å²) in [6.07, 6.45) is 0.850. The van der Waals surface area contributed by atoms with E-state index in [-0.39, 0.29) is 23.6 Å². The molecule has 0 fully saturated rings. The second-order valence-corrected chi connectivity index (χ2v) is 4.68. The summed E-state index contributed by atoms with van der Waals surface area (Å²) in [6.45, 7) is 2.24. The van der Waals surface area contributed by atoms with Crippen LogP contribution in [0.3, 0.4) is 0 Å². The van der Waals surface area contributed by atoms with Crippen LogP contribution in [-0.4, -0.2) is 34.6 Å². The number of benzene rings is 1. The molecule has 3 N–H and O–H groups in total. The monoisotopic (exact) mass is 319 g/mol. The number of hydrogen-bond donors (Lipinski definition) is 2. The van der Waals surface area contributed by atoms with Crippen molar-refractivity contribution in [1.82, 2.24) is 9.97 Å². The molecule has 23 heavy (non-hydrogen) atoms. The van der Waals surface area contributed by atoms with E-state index in [9.17, 15) is 10.1 Å². The molecule has 1 unspecified atom stereocenters. The Morgan fingerprint density at radius 3 is 2.70 bits per heavy atom. The molecule has 0 aliphatic rings. The van der Waals surface area contributed by atoms with Crippen molar-refractivity contribution < 1.29 is 14.4 Å². The third-order valence-corrected chi connectivity index (χ3v) is 2.94. The number of rotatable bonds is 7. The van der Waals surface area contributed by atoms with Gasteiger partial charge in [0.25, 0.3) is 0 Å². The van der Waals surface area contributed by atoms with Gasteiger partial charge in [-0.25, -0.2) is 4.98 Å². The Hall–Kier alpha value is -3.10. The smallest absolute Gasteiger partial charge is 0.329 e. The molecule has 1 heterocycles. The second kappa shape index (κ2) is 7.25. The molecule has 0 radical (unpaired) electrons. The van der Waals surface area contributed by atoms with Crippen LogP contribution in [0.15, 0.2) is 30.5 Å². The van der Waals surface area contributed by atoms with Gasteiger partial charge < -0.3 is 20.5 Å². The molecule has 1 aromatic carbocycles. The lowest BCUT2D eigenvalue weighted by molar-refractivity contribution is -0.384. The van der Waals surface area contributed by atoms with Crippen molar-refractivity contribution in [2.24, 2.45) is 0 Å². The number of nitro groups is 1. The van der Waals surface area contributed by atoms with E-state index in [0.29, 0.717) is 18.0 Å². The molecule has 0 aliphatic heterocycles. The van der Waals surface area contributed by atoms with Crippen LogP contribution < -0.4 is 20.5 Å². The zero-order valence-electron chi connectivity index (χ0n) is 12.7. The van der Waals surface area contributed by atoms with Crippen molar-refractivity contribution in [2.75, 3.05) is 24.7 Å². The zero-order chi connectivity index (χ0) is 16.8. The minimum absolute atomic E-state index is 0.189. The van der Waals surface area contributed by atoms with Crippen LogP contribution in [0.4, 0.5) is 17.5 Å². The lowest BCUT2D eigenvalue weighted by Crippen LogP contribution is -2.24. The normalized spacial score (nSPS) is 11.6. The first-order chi connectivity index (χ1) is 11.0. The van der Waals surface area contributed by atoms with Gasteiger partial charge in [0.1, 0.15) is 12.3 Å². The van der Waals surface area contributed by atoms with Gasteiger partial charge in [-0.05, 0) is 19.1 Å². The van der Waals surface area contributed by atoms with E-state index in [1.807, 2.05) is 19.1 Å². The third kappa shape index (κ3) is 4.19. The van der Waals surface area contributed by atoms with Crippen LogP contribution in [-0.2, 0) is 0 Å². The van der Waals surface area contributed by atoms with E-state index in [0.717, 1.165) is 6.20 Å². The molecule has 0 spiro atoms. The van der Waals surface area contributed by atoms with Crippen LogP contribution in [0.2, 0.25) is 0 Å². The van der Waals surface area contributed by atoms with E-state index in [1.54, 1.807) is 19.2 Å². The van der Waals surface area contributed by atoms with Crippen LogP contribution in [0.5, 0.6) is 11.5 Å². The molecule has 9 nitrogen and oxygen atoms in total. The highest BCUT2D eigenvalue weighted by atomic mass is 16.6. The van der Waals surface area contributed by atoms with E-state index >= 15 is 0 Å². The fourth-order valence-corrected chi connectivity index (χ4v) is 1.82. The molecule has 0 amide bonds. The molecular formula is C14H17N5O4. The Balaban J connectivity index is 1.95. The summed E-state index contributed by atoms with van der Waals surface area (Å²) in [7, 11) is 1.57. The number of aromatic nitrogens is 2. The highest BCUT2D eigenvalue weighted by Crippen LogP contribution is 2.26. The summed E-state index contributed by atoms with van der Waals surface area (Å²) in [5, 5.41) is 13.6. The Morgan fingerprint density at radius 1 is 1.39 bits per heavy atom. The Labute approximate surface area is 132 Å². The van der Waals surface area contributed by atoms with E-state index < -0.39 is 4.92 Å². The SMILES string of the molecule is COc1ccccc1OC(C)CNc1ncc([N+](=O)[O-])c(N)n1. The highest BCUT2D eigenvalue weighted by Gasteiger charge is 2.15. The number of nitrogens with zero attached hydrogens (tertiary/aromatic N) is 3. The van der Waals surface area contributed by atoms with E-state index in [4.69, 9.17) is 15.2 Å². The maximum absolute atomic E-state index is 10.7. The summed E-state index contributed by atoms with van der Waals surface area (Å²) < 4.78 is 11.0. The van der Waals surface area contributed by atoms with Gasteiger partial charge in [-0.1, -0.05) is 12.1 Å². The van der Waals surface area contributed by atoms with Crippen molar-refractivity contribution in [1.29, 1.82) is 0 Å². The van der Waals surface area contributed by atoms with Gasteiger partial charge in [0, 0.05) is 0 Å². The quantitative estimate of drug-likeness (QED) is 0.585. The third-order valence-electron chi connectivity index (χ3n) is 2.94. The predicted octanol–water partition coefficient (Wildman–Crippen LogP) is 1.85. The van der Waals surface area contributed by atoms with E-state index in [2.05, 4.69) is 15.3 Å². The van der Waals surface area contributed by atoms with Crippen LogP contribution in [0, 0.1) is 10.1 Å². The fourth-order valence-electron chi connectivity index (χ4n) is 1.82. The lowest BCUT2D eigenvalue weighted by Gasteiger charge is -2.17. The number of hydrogen-bond acceptors (Lipinski definition) is 8. The van der Waals surface area contributed by atoms with Gasteiger partial charge in [0.2, 0.25) is 11.8 Å². The molecule has 122 valence electrons. The summed E-state index contributed by atoms with van der Waals surface area (Å²) in [4.78, 5) is 17.7. The second-order valence-electron chi connectivity index (χ2n) is 4.68. The molecular weight excluding hydrogens is 302 g/mol. The van der Waals surface area contributed by atoms with Crippen LogP contribution >= 0.6 is 0 Å². The maximum atomic E-state index is 10.7. The number of anilines is 2. The minimum Gasteiger partial charge on any atom is -0.493 e. The van der Waals surface area contributed by atoms with Gasteiger partial charge in [-0.15, -0.1) is 0 Å². The Bertz CT molecular complexity index is 695. The van der Waals surface area contributed by atoms with Crippen molar-refractivity contribution in [3.05, 3.63) is 40.6 Å². The maximum Gasteiger partial charge on any atom is 0.329 e. The molecule has 0 bridgehead atoms. The van der Waals surface area contributed by atoms with Gasteiger partial charge >= 0.3 is 5.69 Å². The molecule has 0 saturated carbocycles. The highest BCUT2D eigenvalue weighted by molar-refractivity contribution is 5.53. The molecule has 1 atom stereocenters. The fraction of sp³-hybridized carbons (Fsp3) is 0.286. The molecule has 9 heteroatoms. The van der Waals surface area contributed by atoms with Gasteiger partial charge in [0.15, 0.2) is 11.5 Å².